The number of hydrogen-bond donors (Lipinski definition) is 0. The maximum atomic E-state index is 11.3. The van der Waals surface area contributed by atoms with Crippen LogP contribution in [0.5, 0.6) is 11.5 Å². The van der Waals surface area contributed by atoms with Gasteiger partial charge in [0.25, 0.3) is 5.69 Å². The molecule has 0 bridgehead atoms. The molecule has 5 nitrogen and oxygen atoms in total. The van der Waals surface area contributed by atoms with Crippen molar-refractivity contribution in [3.8, 4) is 22.6 Å². The van der Waals surface area contributed by atoms with Crippen molar-refractivity contribution < 1.29 is 14.4 Å². The van der Waals surface area contributed by atoms with Crippen molar-refractivity contribution in [2.45, 2.75) is 0 Å². The molecule has 0 fully saturated rings. The molecular weight excluding hydrogens is 326 g/mol. The summed E-state index contributed by atoms with van der Waals surface area (Å²) in [4.78, 5) is 10.9. The van der Waals surface area contributed by atoms with E-state index in [9.17, 15) is 10.1 Å². The number of nitro benzene ring substituents is 1. The molecule has 0 unspecified atom stereocenters. The average Bonchev–Trinajstić information content (AvgIpc) is 2.46. The van der Waals surface area contributed by atoms with Crippen LogP contribution in [0.3, 0.4) is 0 Å². The molecule has 1 aliphatic rings. The van der Waals surface area contributed by atoms with Crippen LogP contribution in [-0.4, -0.2) is 18.1 Å². The van der Waals surface area contributed by atoms with E-state index < -0.39 is 4.92 Å². The minimum absolute atomic E-state index is 0.00106. The second kappa shape index (κ2) is 5.13. The molecule has 0 amide bonds. The van der Waals surface area contributed by atoms with Gasteiger partial charge in [0.05, 0.1) is 16.6 Å². The van der Waals surface area contributed by atoms with Crippen LogP contribution in [0.4, 0.5) is 5.69 Å². The number of nitro groups is 1. The standard InChI is InChI=1S/C14H10BrNO4/c15-11-4-2-1-3-9(11)10-7-13-14(20-6-5-19-13)8-12(10)16(17)18/h1-4,7-8H,5-6H2. The Morgan fingerprint density at radius 2 is 1.70 bits per heavy atom. The van der Waals surface area contributed by atoms with E-state index in [4.69, 9.17) is 9.47 Å². The van der Waals surface area contributed by atoms with Gasteiger partial charge in [0.2, 0.25) is 0 Å². The lowest BCUT2D eigenvalue weighted by Crippen LogP contribution is -2.15. The smallest absolute Gasteiger partial charge is 0.281 e. The number of halogens is 1. The van der Waals surface area contributed by atoms with Gasteiger partial charge >= 0.3 is 0 Å². The van der Waals surface area contributed by atoms with E-state index in [1.807, 2.05) is 24.3 Å². The monoisotopic (exact) mass is 335 g/mol. The predicted octanol–water partition coefficient (Wildman–Crippen LogP) is 3.80. The maximum absolute atomic E-state index is 11.3. The molecule has 2 aromatic carbocycles. The SMILES string of the molecule is O=[N+]([O-])c1cc2c(cc1-c1ccccc1Br)OCCO2. The second-order valence-electron chi connectivity index (χ2n) is 4.25. The highest BCUT2D eigenvalue weighted by Crippen LogP contribution is 2.43. The molecule has 2 aromatic rings. The number of benzene rings is 2. The minimum Gasteiger partial charge on any atom is -0.486 e. The Kier molecular flexibility index (Phi) is 3.31. The van der Waals surface area contributed by atoms with Crippen molar-refractivity contribution in [2.75, 3.05) is 13.2 Å². The quantitative estimate of drug-likeness (QED) is 0.618. The van der Waals surface area contributed by atoms with E-state index in [-0.39, 0.29) is 5.69 Å². The summed E-state index contributed by atoms with van der Waals surface area (Å²) in [6.07, 6.45) is 0. The Balaban J connectivity index is 2.23. The van der Waals surface area contributed by atoms with Crippen LogP contribution in [0.15, 0.2) is 40.9 Å². The molecule has 0 atom stereocenters. The van der Waals surface area contributed by atoms with Crippen molar-refractivity contribution in [3.63, 3.8) is 0 Å². The highest BCUT2D eigenvalue weighted by Gasteiger charge is 2.23. The van der Waals surface area contributed by atoms with Gasteiger partial charge in [-0.15, -0.1) is 0 Å². The summed E-state index contributed by atoms with van der Waals surface area (Å²) >= 11 is 3.42. The zero-order chi connectivity index (χ0) is 14.1. The number of hydrogen-bond acceptors (Lipinski definition) is 4. The first-order valence-electron chi connectivity index (χ1n) is 6.00. The largest absolute Gasteiger partial charge is 0.486 e. The van der Waals surface area contributed by atoms with Crippen LogP contribution < -0.4 is 9.47 Å². The summed E-state index contributed by atoms with van der Waals surface area (Å²) in [6.45, 7) is 0.846. The molecule has 1 heterocycles. The molecule has 20 heavy (non-hydrogen) atoms. The number of ether oxygens (including phenoxy) is 2. The van der Waals surface area contributed by atoms with Gasteiger partial charge in [-0.2, -0.15) is 0 Å². The van der Waals surface area contributed by atoms with Crippen molar-refractivity contribution in [1.29, 1.82) is 0 Å². The van der Waals surface area contributed by atoms with Crippen LogP contribution in [0.2, 0.25) is 0 Å². The first-order chi connectivity index (χ1) is 9.66. The fourth-order valence-electron chi connectivity index (χ4n) is 2.12. The van der Waals surface area contributed by atoms with Gasteiger partial charge < -0.3 is 9.47 Å². The highest BCUT2D eigenvalue weighted by atomic mass is 79.9. The molecule has 6 heteroatoms. The number of fused-ring (bicyclic) bond motifs is 1. The fourth-order valence-corrected chi connectivity index (χ4v) is 2.62. The first-order valence-corrected chi connectivity index (χ1v) is 6.79. The van der Waals surface area contributed by atoms with Crippen molar-refractivity contribution >= 4 is 21.6 Å². The van der Waals surface area contributed by atoms with Gasteiger partial charge in [0.15, 0.2) is 11.5 Å². The van der Waals surface area contributed by atoms with Gasteiger partial charge in [0.1, 0.15) is 13.2 Å². The van der Waals surface area contributed by atoms with Crippen LogP contribution in [0.1, 0.15) is 0 Å². The van der Waals surface area contributed by atoms with Crippen molar-refractivity contribution in [2.24, 2.45) is 0 Å². The maximum Gasteiger partial charge on any atom is 0.281 e. The molecule has 0 N–H and O–H groups in total. The van der Waals surface area contributed by atoms with E-state index >= 15 is 0 Å². The normalized spacial score (nSPS) is 13.1. The molecular formula is C14H10BrNO4. The molecule has 102 valence electrons. The number of rotatable bonds is 2. The Labute approximate surface area is 123 Å². The third-order valence-electron chi connectivity index (χ3n) is 3.02. The van der Waals surface area contributed by atoms with E-state index in [1.54, 1.807) is 6.07 Å². The lowest BCUT2D eigenvalue weighted by molar-refractivity contribution is -0.384. The molecule has 0 radical (unpaired) electrons. The Morgan fingerprint density at radius 3 is 2.35 bits per heavy atom. The van der Waals surface area contributed by atoms with E-state index in [1.165, 1.54) is 6.07 Å². The van der Waals surface area contributed by atoms with E-state index in [0.717, 1.165) is 10.0 Å². The fraction of sp³-hybridized carbons (Fsp3) is 0.143. The summed E-state index contributed by atoms with van der Waals surface area (Å²) in [7, 11) is 0. The summed E-state index contributed by atoms with van der Waals surface area (Å²) in [5.74, 6) is 0.950. The molecule has 0 aromatic heterocycles. The Bertz CT molecular complexity index is 687. The molecule has 0 spiro atoms. The van der Waals surface area contributed by atoms with Gasteiger partial charge in [-0.3, -0.25) is 10.1 Å². The van der Waals surface area contributed by atoms with E-state index in [0.29, 0.717) is 30.3 Å². The van der Waals surface area contributed by atoms with Crippen LogP contribution >= 0.6 is 15.9 Å². The minimum atomic E-state index is -0.410. The summed E-state index contributed by atoms with van der Waals surface area (Å²) in [6, 6.07) is 10.4. The van der Waals surface area contributed by atoms with Crippen LogP contribution in [-0.2, 0) is 0 Å². The van der Waals surface area contributed by atoms with Gasteiger partial charge in [-0.25, -0.2) is 0 Å². The summed E-state index contributed by atoms with van der Waals surface area (Å²) < 4.78 is 11.7. The van der Waals surface area contributed by atoms with Gasteiger partial charge in [-0.05, 0) is 12.1 Å². The van der Waals surface area contributed by atoms with Gasteiger partial charge in [-0.1, -0.05) is 34.1 Å². The zero-order valence-corrected chi connectivity index (χ0v) is 11.9. The van der Waals surface area contributed by atoms with Gasteiger partial charge in [0, 0.05) is 10.0 Å². The number of nitrogens with zero attached hydrogens (tertiary/aromatic N) is 1. The van der Waals surface area contributed by atoms with Crippen molar-refractivity contribution in [3.05, 3.63) is 51.0 Å². The topological polar surface area (TPSA) is 61.6 Å². The third-order valence-corrected chi connectivity index (χ3v) is 3.71. The summed E-state index contributed by atoms with van der Waals surface area (Å²) in [5.41, 5.74) is 1.25. The zero-order valence-electron chi connectivity index (χ0n) is 10.3. The molecule has 0 aliphatic carbocycles. The van der Waals surface area contributed by atoms with Crippen LogP contribution in [0, 0.1) is 10.1 Å². The third kappa shape index (κ3) is 2.22. The summed E-state index contributed by atoms with van der Waals surface area (Å²) in [5, 5.41) is 11.3. The average molecular weight is 336 g/mol. The molecule has 0 saturated heterocycles. The Morgan fingerprint density at radius 1 is 1.05 bits per heavy atom. The lowest BCUT2D eigenvalue weighted by atomic mass is 10.0. The first kappa shape index (κ1) is 12.9. The molecule has 1 aliphatic heterocycles. The highest BCUT2D eigenvalue weighted by molar-refractivity contribution is 9.10. The molecule has 0 saturated carbocycles. The van der Waals surface area contributed by atoms with Crippen molar-refractivity contribution in [1.82, 2.24) is 0 Å². The second-order valence-corrected chi connectivity index (χ2v) is 5.10. The predicted molar refractivity (Wildman–Crippen MR) is 77.2 cm³/mol. The lowest BCUT2D eigenvalue weighted by Gasteiger charge is -2.19. The molecule has 3 rings (SSSR count). The van der Waals surface area contributed by atoms with E-state index in [2.05, 4.69) is 15.9 Å². The van der Waals surface area contributed by atoms with Crippen LogP contribution in [0.25, 0.3) is 11.1 Å². The Hall–Kier alpha value is -2.08.